The molecule has 2 aliphatic rings. The quantitative estimate of drug-likeness (QED) is 0.712. The van der Waals surface area contributed by atoms with Crippen LogP contribution in [0.3, 0.4) is 0 Å². The lowest BCUT2D eigenvalue weighted by Gasteiger charge is -2.33. The van der Waals surface area contributed by atoms with E-state index in [9.17, 15) is 4.79 Å². The van der Waals surface area contributed by atoms with Gasteiger partial charge in [0.1, 0.15) is 0 Å². The zero-order valence-electron chi connectivity index (χ0n) is 10.2. The van der Waals surface area contributed by atoms with E-state index in [1.165, 1.54) is 13.0 Å². The zero-order valence-corrected chi connectivity index (χ0v) is 11.0. The predicted molar refractivity (Wildman–Crippen MR) is 71.4 cm³/mol. The van der Waals surface area contributed by atoms with Crippen LogP contribution in [0.25, 0.3) is 0 Å². The Labute approximate surface area is 109 Å². The molecule has 5 heteroatoms. The van der Waals surface area contributed by atoms with E-state index >= 15 is 0 Å². The standard InChI is InChI=1S/C12H21N3O.ClH/c1-2-4-14-12(16)9-15-5-3-10-6-13-7-11(10)8-15;/h2,10-11,13H,1,3-9H2,(H,14,16);1H. The average Bonchev–Trinajstić information content (AvgIpc) is 2.73. The molecule has 0 radical (unpaired) electrons. The van der Waals surface area contributed by atoms with Crippen LogP contribution in [0.1, 0.15) is 6.42 Å². The van der Waals surface area contributed by atoms with E-state index in [2.05, 4.69) is 22.1 Å². The highest BCUT2D eigenvalue weighted by Gasteiger charge is 2.32. The number of hydrogen-bond acceptors (Lipinski definition) is 3. The number of carbonyl (C=O) groups is 1. The van der Waals surface area contributed by atoms with Crippen molar-refractivity contribution >= 4 is 18.3 Å². The first-order valence-corrected chi connectivity index (χ1v) is 6.10. The second-order valence-corrected chi connectivity index (χ2v) is 4.79. The summed E-state index contributed by atoms with van der Waals surface area (Å²) in [6.45, 7) is 9.11. The first kappa shape index (κ1) is 14.5. The normalized spacial score (nSPS) is 28.0. The summed E-state index contributed by atoms with van der Waals surface area (Å²) in [6.07, 6.45) is 2.94. The summed E-state index contributed by atoms with van der Waals surface area (Å²) in [4.78, 5) is 13.8. The molecule has 0 saturated carbocycles. The lowest BCUT2D eigenvalue weighted by atomic mass is 9.89. The van der Waals surface area contributed by atoms with Crippen molar-refractivity contribution < 1.29 is 4.79 Å². The summed E-state index contributed by atoms with van der Waals surface area (Å²) < 4.78 is 0. The van der Waals surface area contributed by atoms with Gasteiger partial charge >= 0.3 is 0 Å². The van der Waals surface area contributed by atoms with E-state index in [4.69, 9.17) is 0 Å². The fraction of sp³-hybridized carbons (Fsp3) is 0.750. The van der Waals surface area contributed by atoms with Crippen molar-refractivity contribution in [1.82, 2.24) is 15.5 Å². The summed E-state index contributed by atoms with van der Waals surface area (Å²) in [7, 11) is 0. The van der Waals surface area contributed by atoms with Gasteiger partial charge in [0.25, 0.3) is 0 Å². The van der Waals surface area contributed by atoms with Crippen molar-refractivity contribution in [1.29, 1.82) is 0 Å². The van der Waals surface area contributed by atoms with Gasteiger partial charge in [-0.05, 0) is 37.9 Å². The molecular weight excluding hydrogens is 238 g/mol. The summed E-state index contributed by atoms with van der Waals surface area (Å²) >= 11 is 0. The molecule has 2 aliphatic heterocycles. The SMILES string of the molecule is C=CCNC(=O)CN1CCC2CNCC2C1.Cl. The lowest BCUT2D eigenvalue weighted by molar-refractivity contribution is -0.122. The third-order valence-electron chi connectivity index (χ3n) is 3.60. The van der Waals surface area contributed by atoms with Gasteiger partial charge in [0.15, 0.2) is 0 Å². The van der Waals surface area contributed by atoms with Gasteiger partial charge in [-0.15, -0.1) is 19.0 Å². The molecule has 0 aliphatic carbocycles. The van der Waals surface area contributed by atoms with Crippen molar-refractivity contribution in [2.45, 2.75) is 6.42 Å². The maximum atomic E-state index is 11.5. The van der Waals surface area contributed by atoms with E-state index in [0.29, 0.717) is 13.1 Å². The van der Waals surface area contributed by atoms with Crippen molar-refractivity contribution in [3.8, 4) is 0 Å². The Morgan fingerprint density at radius 2 is 2.24 bits per heavy atom. The van der Waals surface area contributed by atoms with Crippen molar-refractivity contribution in [2.75, 3.05) is 39.3 Å². The van der Waals surface area contributed by atoms with Crippen LogP contribution < -0.4 is 10.6 Å². The molecule has 2 rings (SSSR count). The van der Waals surface area contributed by atoms with Crippen molar-refractivity contribution in [2.24, 2.45) is 11.8 Å². The predicted octanol–water partition coefficient (Wildman–Crippen LogP) is 0.252. The number of nitrogens with zero attached hydrogens (tertiary/aromatic N) is 1. The number of rotatable bonds is 4. The first-order valence-electron chi connectivity index (χ1n) is 6.10. The molecule has 0 aromatic carbocycles. The van der Waals surface area contributed by atoms with Crippen LogP contribution in [0, 0.1) is 11.8 Å². The molecule has 2 heterocycles. The minimum atomic E-state index is 0. The van der Waals surface area contributed by atoms with Gasteiger partial charge in [0.2, 0.25) is 5.91 Å². The van der Waals surface area contributed by atoms with Crippen molar-refractivity contribution in [3.63, 3.8) is 0 Å². The van der Waals surface area contributed by atoms with Crippen LogP contribution >= 0.6 is 12.4 Å². The minimum absolute atomic E-state index is 0. The van der Waals surface area contributed by atoms with E-state index in [0.717, 1.165) is 31.5 Å². The highest BCUT2D eigenvalue weighted by atomic mass is 35.5. The molecule has 2 unspecified atom stereocenters. The number of amides is 1. The van der Waals surface area contributed by atoms with Gasteiger partial charge < -0.3 is 10.6 Å². The van der Waals surface area contributed by atoms with Gasteiger partial charge in [-0.1, -0.05) is 6.08 Å². The van der Waals surface area contributed by atoms with Crippen LogP contribution in [-0.2, 0) is 4.79 Å². The number of hydrogen-bond donors (Lipinski definition) is 2. The Morgan fingerprint density at radius 1 is 1.47 bits per heavy atom. The number of nitrogens with one attached hydrogen (secondary N) is 2. The molecule has 0 aromatic heterocycles. The lowest BCUT2D eigenvalue weighted by Crippen LogP contribution is -2.45. The molecule has 2 N–H and O–H groups in total. The van der Waals surface area contributed by atoms with Gasteiger partial charge in [-0.2, -0.15) is 0 Å². The monoisotopic (exact) mass is 259 g/mol. The second-order valence-electron chi connectivity index (χ2n) is 4.79. The Kier molecular flexibility index (Phi) is 5.95. The summed E-state index contributed by atoms with van der Waals surface area (Å²) in [5, 5.41) is 6.26. The Bertz CT molecular complexity index is 272. The Balaban J connectivity index is 0.00000144. The fourth-order valence-electron chi connectivity index (χ4n) is 2.70. The summed E-state index contributed by atoms with van der Waals surface area (Å²) in [5.74, 6) is 1.71. The number of piperidine rings is 1. The van der Waals surface area contributed by atoms with E-state index in [-0.39, 0.29) is 18.3 Å². The molecule has 1 amide bonds. The molecule has 0 aromatic rings. The van der Waals surface area contributed by atoms with Crippen molar-refractivity contribution in [3.05, 3.63) is 12.7 Å². The molecule has 2 fully saturated rings. The molecule has 2 atom stereocenters. The maximum absolute atomic E-state index is 11.5. The molecular formula is C12H22ClN3O. The van der Waals surface area contributed by atoms with Gasteiger partial charge in [0, 0.05) is 13.1 Å². The average molecular weight is 260 g/mol. The first-order chi connectivity index (χ1) is 7.79. The second kappa shape index (κ2) is 6.99. The topological polar surface area (TPSA) is 44.4 Å². The third kappa shape index (κ3) is 3.98. The number of fused-ring (bicyclic) bond motifs is 1. The molecule has 98 valence electrons. The third-order valence-corrected chi connectivity index (χ3v) is 3.60. The van der Waals surface area contributed by atoms with Crippen LogP contribution in [0.5, 0.6) is 0 Å². The molecule has 17 heavy (non-hydrogen) atoms. The molecule has 2 saturated heterocycles. The Hall–Kier alpha value is -0.580. The number of halogens is 1. The molecule has 0 bridgehead atoms. The largest absolute Gasteiger partial charge is 0.352 e. The highest BCUT2D eigenvalue weighted by Crippen LogP contribution is 2.25. The van der Waals surface area contributed by atoms with Gasteiger partial charge in [0.05, 0.1) is 6.54 Å². The smallest absolute Gasteiger partial charge is 0.234 e. The summed E-state index contributed by atoms with van der Waals surface area (Å²) in [5.41, 5.74) is 0. The van der Waals surface area contributed by atoms with E-state index < -0.39 is 0 Å². The molecule has 0 spiro atoms. The zero-order chi connectivity index (χ0) is 11.4. The van der Waals surface area contributed by atoms with Crippen LogP contribution in [0.2, 0.25) is 0 Å². The minimum Gasteiger partial charge on any atom is -0.352 e. The van der Waals surface area contributed by atoms with Crippen LogP contribution in [-0.4, -0.2) is 50.1 Å². The fourth-order valence-corrected chi connectivity index (χ4v) is 2.70. The van der Waals surface area contributed by atoms with E-state index in [1.54, 1.807) is 6.08 Å². The number of carbonyl (C=O) groups excluding carboxylic acids is 1. The van der Waals surface area contributed by atoms with Gasteiger partial charge in [-0.25, -0.2) is 0 Å². The summed E-state index contributed by atoms with van der Waals surface area (Å²) in [6, 6.07) is 0. The van der Waals surface area contributed by atoms with Crippen LogP contribution in [0.4, 0.5) is 0 Å². The van der Waals surface area contributed by atoms with Crippen LogP contribution in [0.15, 0.2) is 12.7 Å². The van der Waals surface area contributed by atoms with Gasteiger partial charge in [-0.3, -0.25) is 9.69 Å². The molecule has 4 nitrogen and oxygen atoms in total. The Morgan fingerprint density at radius 3 is 3.00 bits per heavy atom. The highest BCUT2D eigenvalue weighted by molar-refractivity contribution is 5.85. The van der Waals surface area contributed by atoms with E-state index in [1.807, 2.05) is 0 Å². The maximum Gasteiger partial charge on any atom is 0.234 e. The number of likely N-dealkylation sites (tertiary alicyclic amines) is 1.